The molecule has 0 fully saturated rings. The molecule has 0 saturated heterocycles. The largest absolute Gasteiger partial charge is 0.493 e. The molecule has 1 N–H and O–H groups in total. The third-order valence-electron chi connectivity index (χ3n) is 4.40. The summed E-state index contributed by atoms with van der Waals surface area (Å²) < 4.78 is 31.5. The number of rotatable bonds is 6. The van der Waals surface area contributed by atoms with Gasteiger partial charge in [-0.3, -0.25) is 0 Å². The average molecular weight is 447 g/mol. The first-order chi connectivity index (χ1) is 15.6. The predicted octanol–water partition coefficient (Wildman–Crippen LogP) is 5.13. The van der Waals surface area contributed by atoms with Gasteiger partial charge in [-0.1, -0.05) is 0 Å². The van der Waals surface area contributed by atoms with Gasteiger partial charge in [0.15, 0.2) is 17.3 Å². The summed E-state index contributed by atoms with van der Waals surface area (Å²) in [4.78, 5) is 8.65. The molecule has 0 radical (unpaired) electrons. The van der Waals surface area contributed by atoms with Crippen LogP contribution in [0.5, 0.6) is 23.1 Å². The van der Waals surface area contributed by atoms with E-state index in [4.69, 9.17) is 19.5 Å². The molecule has 0 aliphatic carbocycles. The highest BCUT2D eigenvalue weighted by Crippen LogP contribution is 2.43. The van der Waals surface area contributed by atoms with Gasteiger partial charge in [-0.05, 0) is 24.3 Å². The monoisotopic (exact) mass is 447 g/mol. The van der Waals surface area contributed by atoms with Gasteiger partial charge in [-0.2, -0.15) is 15.5 Å². The topological polar surface area (TPSA) is 113 Å². The van der Waals surface area contributed by atoms with Crippen molar-refractivity contribution in [1.29, 1.82) is 10.5 Å². The van der Waals surface area contributed by atoms with Gasteiger partial charge in [0.25, 0.3) is 0 Å². The highest BCUT2D eigenvalue weighted by molar-refractivity contribution is 7.17. The number of ether oxygens (including phenoxy) is 3. The molecule has 158 valence electrons. The number of nitrogens with zero attached hydrogens (tertiary/aromatic N) is 4. The van der Waals surface area contributed by atoms with Gasteiger partial charge in [0, 0.05) is 23.2 Å². The second kappa shape index (κ2) is 8.76. The zero-order chi connectivity index (χ0) is 22.7. The zero-order valence-corrected chi connectivity index (χ0v) is 17.7. The molecule has 0 atom stereocenters. The van der Waals surface area contributed by atoms with Crippen molar-refractivity contribution in [3.05, 3.63) is 58.7 Å². The molecule has 2 aromatic carbocycles. The minimum Gasteiger partial charge on any atom is -0.493 e. The summed E-state index contributed by atoms with van der Waals surface area (Å²) in [5, 5.41) is 22.5. The van der Waals surface area contributed by atoms with Crippen molar-refractivity contribution in [2.75, 3.05) is 19.5 Å². The Labute approximate surface area is 186 Å². The van der Waals surface area contributed by atoms with Gasteiger partial charge in [0.1, 0.15) is 10.2 Å². The van der Waals surface area contributed by atoms with Crippen LogP contribution in [0.3, 0.4) is 0 Å². The van der Waals surface area contributed by atoms with E-state index in [-0.39, 0.29) is 34.6 Å². The Hall–Kier alpha value is -4.41. The lowest BCUT2D eigenvalue weighted by molar-refractivity contribution is 0.343. The van der Waals surface area contributed by atoms with Crippen LogP contribution in [0, 0.1) is 28.5 Å². The molecule has 0 unspecified atom stereocenters. The maximum absolute atomic E-state index is 14.4. The first kappa shape index (κ1) is 20.8. The van der Waals surface area contributed by atoms with Gasteiger partial charge < -0.3 is 19.5 Å². The van der Waals surface area contributed by atoms with E-state index in [9.17, 15) is 9.65 Å². The van der Waals surface area contributed by atoms with Crippen molar-refractivity contribution < 1.29 is 18.6 Å². The Morgan fingerprint density at radius 1 is 0.969 bits per heavy atom. The maximum atomic E-state index is 14.4. The number of nitrogens with one attached hydrogen (secondary N) is 1. The molecule has 32 heavy (non-hydrogen) atoms. The first-order valence-electron chi connectivity index (χ1n) is 9.12. The minimum atomic E-state index is -0.515. The fraction of sp³-hybridized carbons (Fsp3) is 0.0909. The number of aromatic nitrogens is 2. The van der Waals surface area contributed by atoms with Crippen LogP contribution in [0.15, 0.2) is 41.8 Å². The van der Waals surface area contributed by atoms with Crippen LogP contribution < -0.4 is 19.5 Å². The third-order valence-corrected chi connectivity index (χ3v) is 5.33. The maximum Gasteiger partial charge on any atom is 0.242 e. The number of halogens is 1. The Balaban J connectivity index is 1.79. The van der Waals surface area contributed by atoms with Gasteiger partial charge in [0.05, 0.1) is 37.5 Å². The molecule has 0 spiro atoms. The Morgan fingerprint density at radius 2 is 1.62 bits per heavy atom. The van der Waals surface area contributed by atoms with E-state index < -0.39 is 5.82 Å². The van der Waals surface area contributed by atoms with Crippen LogP contribution in [0.25, 0.3) is 10.2 Å². The van der Waals surface area contributed by atoms with Crippen molar-refractivity contribution in [2.24, 2.45) is 0 Å². The number of methoxy groups -OCH3 is 2. The highest BCUT2D eigenvalue weighted by Gasteiger charge is 2.21. The molecular formula is C22H14FN5O3S. The summed E-state index contributed by atoms with van der Waals surface area (Å²) in [6, 6.07) is 13.7. The van der Waals surface area contributed by atoms with Crippen molar-refractivity contribution in [2.45, 2.75) is 0 Å². The van der Waals surface area contributed by atoms with Crippen LogP contribution in [0.1, 0.15) is 11.1 Å². The smallest absolute Gasteiger partial charge is 0.242 e. The van der Waals surface area contributed by atoms with Crippen LogP contribution in [0.4, 0.5) is 16.0 Å². The molecule has 0 saturated carbocycles. The Bertz CT molecular complexity index is 1360. The molecule has 10 heteroatoms. The van der Waals surface area contributed by atoms with Crippen molar-refractivity contribution in [1.82, 2.24) is 9.97 Å². The van der Waals surface area contributed by atoms with E-state index in [1.54, 1.807) is 24.3 Å². The van der Waals surface area contributed by atoms with Crippen LogP contribution >= 0.6 is 11.3 Å². The fourth-order valence-corrected chi connectivity index (χ4v) is 3.66. The lowest BCUT2D eigenvalue weighted by atomic mass is 10.2. The molecule has 0 amide bonds. The van der Waals surface area contributed by atoms with E-state index in [1.807, 2.05) is 12.1 Å². The van der Waals surface area contributed by atoms with Crippen molar-refractivity contribution in [3.63, 3.8) is 0 Å². The lowest BCUT2D eigenvalue weighted by Crippen LogP contribution is -2.01. The Morgan fingerprint density at radius 3 is 2.22 bits per heavy atom. The van der Waals surface area contributed by atoms with E-state index in [0.717, 1.165) is 11.3 Å². The lowest BCUT2D eigenvalue weighted by Gasteiger charge is -2.15. The van der Waals surface area contributed by atoms with E-state index in [1.165, 1.54) is 31.7 Å². The van der Waals surface area contributed by atoms with Crippen LogP contribution in [0.2, 0.25) is 0 Å². The van der Waals surface area contributed by atoms with E-state index >= 15 is 0 Å². The number of nitriles is 2. The number of fused-ring (bicyclic) bond motifs is 1. The zero-order valence-electron chi connectivity index (χ0n) is 16.8. The SMILES string of the molecule is COc1cc(C#N)cc(OC)c1Oc1nc(Nc2ccc(C#N)cc2)nc2c(F)csc12. The quantitative estimate of drug-likeness (QED) is 0.433. The molecule has 8 nitrogen and oxygen atoms in total. The summed E-state index contributed by atoms with van der Waals surface area (Å²) in [5.74, 6) is 0.367. The summed E-state index contributed by atoms with van der Waals surface area (Å²) in [6.07, 6.45) is 0. The summed E-state index contributed by atoms with van der Waals surface area (Å²) in [6.45, 7) is 0. The predicted molar refractivity (Wildman–Crippen MR) is 116 cm³/mol. The third kappa shape index (κ3) is 3.95. The molecule has 2 aromatic heterocycles. The Kier molecular flexibility index (Phi) is 5.71. The second-order valence-electron chi connectivity index (χ2n) is 6.35. The standard InChI is InChI=1S/C22H14FN5O3S/c1-29-16-7-13(10-25)8-17(30-2)19(16)31-21-20-18(15(23)11-32-20)27-22(28-21)26-14-5-3-12(9-24)4-6-14/h3-8,11H,1-2H3,(H,26,27,28). The van der Waals surface area contributed by atoms with Crippen LogP contribution in [-0.2, 0) is 0 Å². The minimum absolute atomic E-state index is 0.0846. The van der Waals surface area contributed by atoms with E-state index in [0.29, 0.717) is 21.5 Å². The highest BCUT2D eigenvalue weighted by atomic mass is 32.1. The molecule has 4 rings (SSSR count). The molecule has 4 aromatic rings. The summed E-state index contributed by atoms with van der Waals surface area (Å²) in [7, 11) is 2.86. The van der Waals surface area contributed by atoms with Gasteiger partial charge in [-0.25, -0.2) is 9.37 Å². The van der Waals surface area contributed by atoms with E-state index in [2.05, 4.69) is 15.3 Å². The molecular weight excluding hydrogens is 433 g/mol. The number of benzene rings is 2. The molecule has 0 bridgehead atoms. The second-order valence-corrected chi connectivity index (χ2v) is 7.23. The van der Waals surface area contributed by atoms with Gasteiger partial charge in [0.2, 0.25) is 17.6 Å². The molecule has 2 heterocycles. The molecule has 0 aliphatic heterocycles. The number of hydrogen-bond acceptors (Lipinski definition) is 9. The molecule has 0 aliphatic rings. The fourth-order valence-electron chi connectivity index (χ4n) is 2.89. The normalized spacial score (nSPS) is 10.3. The van der Waals surface area contributed by atoms with Crippen LogP contribution in [-0.4, -0.2) is 24.2 Å². The summed E-state index contributed by atoms with van der Waals surface area (Å²) >= 11 is 1.09. The summed E-state index contributed by atoms with van der Waals surface area (Å²) in [5.41, 5.74) is 1.52. The van der Waals surface area contributed by atoms with Gasteiger partial charge >= 0.3 is 0 Å². The van der Waals surface area contributed by atoms with Crippen molar-refractivity contribution >= 4 is 33.2 Å². The number of hydrogen-bond donors (Lipinski definition) is 1. The average Bonchev–Trinajstić information content (AvgIpc) is 3.20. The number of thiophene rings is 1. The van der Waals surface area contributed by atoms with Crippen molar-refractivity contribution in [3.8, 4) is 35.3 Å². The number of anilines is 2. The van der Waals surface area contributed by atoms with Gasteiger partial charge in [-0.15, -0.1) is 11.3 Å². The first-order valence-corrected chi connectivity index (χ1v) is 10.00.